The first-order chi connectivity index (χ1) is 3.42. The molecule has 8 heavy (non-hydrogen) atoms. The first kappa shape index (κ1) is 8.26. The van der Waals surface area contributed by atoms with Gasteiger partial charge in [-0.05, 0) is 6.92 Å². The summed E-state index contributed by atoms with van der Waals surface area (Å²) in [5.74, 6) is 0. The molecular weight excluding hydrogens is 146 g/mol. The zero-order valence-corrected chi connectivity index (χ0v) is 6.46. The minimum Gasteiger partial charge on any atom is -0.213 e. The van der Waals surface area contributed by atoms with E-state index in [-0.39, 0.29) is 5.37 Å². The molecule has 0 aliphatic carbocycles. The molecule has 0 aromatic heterocycles. The van der Waals surface area contributed by atoms with Gasteiger partial charge in [-0.3, -0.25) is 0 Å². The standard InChI is InChI=1S/C3H9NO2S2/c1-3(7)4-8(2,5)6/h3-4,7H,1-2H3. The Hall–Kier alpha value is 0.260. The van der Waals surface area contributed by atoms with Gasteiger partial charge in [0.15, 0.2) is 0 Å². The fraction of sp³-hybridized carbons (Fsp3) is 1.00. The van der Waals surface area contributed by atoms with Crippen LogP contribution in [-0.2, 0) is 10.0 Å². The molecule has 0 aromatic carbocycles. The molecule has 0 rings (SSSR count). The summed E-state index contributed by atoms with van der Waals surface area (Å²) in [5, 5.41) is -0.301. The van der Waals surface area contributed by atoms with Crippen molar-refractivity contribution in [3.63, 3.8) is 0 Å². The molecule has 0 saturated carbocycles. The number of hydrogen-bond acceptors (Lipinski definition) is 3. The van der Waals surface area contributed by atoms with Crippen LogP contribution in [0.5, 0.6) is 0 Å². The maximum atomic E-state index is 10.3. The lowest BCUT2D eigenvalue weighted by Gasteiger charge is -2.01. The number of thiol groups is 1. The van der Waals surface area contributed by atoms with Gasteiger partial charge in [0.25, 0.3) is 0 Å². The Bertz CT molecular complexity index is 149. The van der Waals surface area contributed by atoms with E-state index < -0.39 is 10.0 Å². The summed E-state index contributed by atoms with van der Waals surface area (Å²) in [4.78, 5) is 0. The molecule has 3 nitrogen and oxygen atoms in total. The molecule has 0 radical (unpaired) electrons. The lowest BCUT2D eigenvalue weighted by atomic mass is 10.8. The highest BCUT2D eigenvalue weighted by Crippen LogP contribution is 1.87. The first-order valence-corrected chi connectivity index (χ1v) is 4.48. The van der Waals surface area contributed by atoms with E-state index in [2.05, 4.69) is 17.4 Å². The van der Waals surface area contributed by atoms with E-state index in [1.165, 1.54) is 0 Å². The zero-order valence-electron chi connectivity index (χ0n) is 4.75. The van der Waals surface area contributed by atoms with Crippen LogP contribution in [0.25, 0.3) is 0 Å². The van der Waals surface area contributed by atoms with E-state index in [1.807, 2.05) is 0 Å². The van der Waals surface area contributed by atoms with Crippen molar-refractivity contribution in [2.24, 2.45) is 0 Å². The Morgan fingerprint density at radius 2 is 2.00 bits per heavy atom. The van der Waals surface area contributed by atoms with E-state index in [4.69, 9.17) is 0 Å². The maximum absolute atomic E-state index is 10.3. The average Bonchev–Trinajstić information content (AvgIpc) is 1.21. The van der Waals surface area contributed by atoms with Crippen LogP contribution in [-0.4, -0.2) is 20.0 Å². The molecule has 0 saturated heterocycles. The Morgan fingerprint density at radius 3 is 2.00 bits per heavy atom. The molecule has 5 heteroatoms. The van der Waals surface area contributed by atoms with E-state index in [9.17, 15) is 8.42 Å². The molecule has 1 unspecified atom stereocenters. The smallest absolute Gasteiger partial charge is 0.209 e. The second-order valence-electron chi connectivity index (χ2n) is 1.57. The molecule has 1 atom stereocenters. The Kier molecular flexibility index (Phi) is 2.79. The summed E-state index contributed by atoms with van der Waals surface area (Å²) >= 11 is 3.80. The van der Waals surface area contributed by atoms with Gasteiger partial charge in [0.2, 0.25) is 10.0 Å². The highest BCUT2D eigenvalue weighted by molar-refractivity contribution is 7.90. The molecule has 0 heterocycles. The predicted octanol–water partition coefficient (Wildman–Crippen LogP) is -0.189. The van der Waals surface area contributed by atoms with E-state index in [0.29, 0.717) is 0 Å². The van der Waals surface area contributed by atoms with Crippen LogP contribution in [0.1, 0.15) is 6.92 Å². The topological polar surface area (TPSA) is 46.2 Å². The second-order valence-corrected chi connectivity index (χ2v) is 4.12. The molecule has 0 aliphatic rings. The van der Waals surface area contributed by atoms with Crippen LogP contribution in [0.15, 0.2) is 0 Å². The number of sulfonamides is 1. The summed E-state index contributed by atoms with van der Waals surface area (Å²) in [6.07, 6.45) is 1.10. The second kappa shape index (κ2) is 2.70. The summed E-state index contributed by atoms with van der Waals surface area (Å²) in [7, 11) is -3.05. The molecule has 0 aromatic rings. The van der Waals surface area contributed by atoms with Crippen LogP contribution in [0.2, 0.25) is 0 Å². The summed E-state index contributed by atoms with van der Waals surface area (Å²) in [5.41, 5.74) is 0. The Morgan fingerprint density at radius 1 is 1.62 bits per heavy atom. The number of rotatable bonds is 2. The average molecular weight is 155 g/mol. The summed E-state index contributed by atoms with van der Waals surface area (Å²) in [6, 6.07) is 0. The molecule has 50 valence electrons. The van der Waals surface area contributed by atoms with Gasteiger partial charge in [-0.2, -0.15) is 12.6 Å². The highest BCUT2D eigenvalue weighted by atomic mass is 32.2. The van der Waals surface area contributed by atoms with E-state index in [1.54, 1.807) is 6.92 Å². The minimum atomic E-state index is -3.05. The van der Waals surface area contributed by atoms with Gasteiger partial charge in [-0.1, -0.05) is 0 Å². The third kappa shape index (κ3) is 6.26. The number of hydrogen-bond donors (Lipinski definition) is 2. The first-order valence-electron chi connectivity index (χ1n) is 2.07. The fourth-order valence-corrected chi connectivity index (χ4v) is 1.50. The van der Waals surface area contributed by atoms with Gasteiger partial charge < -0.3 is 0 Å². The van der Waals surface area contributed by atoms with Crippen molar-refractivity contribution >= 4 is 22.7 Å². The normalized spacial score (nSPS) is 15.9. The highest BCUT2D eigenvalue weighted by Gasteiger charge is 2.01. The lowest BCUT2D eigenvalue weighted by molar-refractivity contribution is 0.587. The molecular formula is C3H9NO2S2. The van der Waals surface area contributed by atoms with Crippen LogP contribution in [0.4, 0.5) is 0 Å². The monoisotopic (exact) mass is 155 g/mol. The number of nitrogens with one attached hydrogen (secondary N) is 1. The summed E-state index contributed by atoms with van der Waals surface area (Å²) in [6.45, 7) is 1.64. The van der Waals surface area contributed by atoms with Crippen molar-refractivity contribution in [1.29, 1.82) is 0 Å². The van der Waals surface area contributed by atoms with Gasteiger partial charge in [-0.25, -0.2) is 13.1 Å². The molecule has 1 N–H and O–H groups in total. The third-order valence-electron chi connectivity index (χ3n) is 0.385. The third-order valence-corrected chi connectivity index (χ3v) is 1.47. The Balaban J connectivity index is 3.75. The molecule has 0 amide bonds. The largest absolute Gasteiger partial charge is 0.213 e. The van der Waals surface area contributed by atoms with E-state index in [0.717, 1.165) is 6.26 Å². The van der Waals surface area contributed by atoms with Crippen LogP contribution < -0.4 is 4.72 Å². The maximum Gasteiger partial charge on any atom is 0.209 e. The van der Waals surface area contributed by atoms with Crippen molar-refractivity contribution in [1.82, 2.24) is 4.72 Å². The molecule has 0 aliphatic heterocycles. The lowest BCUT2D eigenvalue weighted by Crippen LogP contribution is -2.27. The zero-order chi connectivity index (χ0) is 6.78. The van der Waals surface area contributed by atoms with Gasteiger partial charge in [0.1, 0.15) is 0 Å². The minimum absolute atomic E-state index is 0.301. The van der Waals surface area contributed by atoms with Crippen molar-refractivity contribution in [3.05, 3.63) is 0 Å². The SMILES string of the molecule is CC(S)NS(C)(=O)=O. The molecule has 0 fully saturated rings. The summed E-state index contributed by atoms with van der Waals surface area (Å²) < 4.78 is 22.8. The van der Waals surface area contributed by atoms with Gasteiger partial charge in [-0.15, -0.1) is 0 Å². The molecule has 0 spiro atoms. The van der Waals surface area contributed by atoms with Gasteiger partial charge in [0.05, 0.1) is 11.6 Å². The fourth-order valence-electron chi connectivity index (χ4n) is 0.310. The van der Waals surface area contributed by atoms with Crippen molar-refractivity contribution < 1.29 is 8.42 Å². The van der Waals surface area contributed by atoms with Gasteiger partial charge >= 0.3 is 0 Å². The van der Waals surface area contributed by atoms with Crippen molar-refractivity contribution in [2.75, 3.05) is 6.26 Å². The van der Waals surface area contributed by atoms with Crippen LogP contribution >= 0.6 is 12.6 Å². The van der Waals surface area contributed by atoms with E-state index >= 15 is 0 Å². The van der Waals surface area contributed by atoms with Crippen LogP contribution in [0, 0.1) is 0 Å². The molecule has 0 bridgehead atoms. The predicted molar refractivity (Wildman–Crippen MR) is 36.4 cm³/mol. The van der Waals surface area contributed by atoms with Gasteiger partial charge in [0, 0.05) is 0 Å². The van der Waals surface area contributed by atoms with Crippen molar-refractivity contribution in [3.8, 4) is 0 Å². The quantitative estimate of drug-likeness (QED) is 0.429. The van der Waals surface area contributed by atoms with Crippen molar-refractivity contribution in [2.45, 2.75) is 12.3 Å². The van der Waals surface area contributed by atoms with Crippen LogP contribution in [0.3, 0.4) is 0 Å². The Labute approximate surface area is 54.9 Å².